The highest BCUT2D eigenvalue weighted by molar-refractivity contribution is 5.72. The van der Waals surface area contributed by atoms with Gasteiger partial charge in [0.15, 0.2) is 0 Å². The zero-order chi connectivity index (χ0) is 9.26. The monoisotopic (exact) mass is 183 g/mol. The molecule has 2 heterocycles. The van der Waals surface area contributed by atoms with Gasteiger partial charge in [0.2, 0.25) is 0 Å². The molecule has 4 nitrogen and oxygen atoms in total. The smallest absolute Gasteiger partial charge is 0.314 e. The fraction of sp³-hybridized carbons (Fsp3) is 0.889. The van der Waals surface area contributed by atoms with Crippen molar-refractivity contribution >= 4 is 6.03 Å². The van der Waals surface area contributed by atoms with Crippen molar-refractivity contribution in [2.24, 2.45) is 5.73 Å². The molecule has 2 aliphatic rings. The van der Waals surface area contributed by atoms with Crippen LogP contribution in [0.25, 0.3) is 0 Å². The van der Waals surface area contributed by atoms with Crippen LogP contribution in [0.3, 0.4) is 0 Å². The van der Waals surface area contributed by atoms with Crippen LogP contribution in [0.4, 0.5) is 4.79 Å². The topological polar surface area (TPSA) is 49.6 Å². The molecule has 0 aromatic carbocycles. The Morgan fingerprint density at radius 3 is 2.77 bits per heavy atom. The number of fused-ring (bicyclic) bond motifs is 1. The Hall–Kier alpha value is -0.770. The molecule has 4 heteroatoms. The van der Waals surface area contributed by atoms with Crippen LogP contribution in [0.1, 0.15) is 19.3 Å². The summed E-state index contributed by atoms with van der Waals surface area (Å²) in [5.74, 6) is 0. The van der Waals surface area contributed by atoms with E-state index in [1.165, 1.54) is 19.4 Å². The number of rotatable bonds is 0. The van der Waals surface area contributed by atoms with Gasteiger partial charge in [0.25, 0.3) is 0 Å². The summed E-state index contributed by atoms with van der Waals surface area (Å²) in [5, 5.41) is 0. The van der Waals surface area contributed by atoms with E-state index < -0.39 is 0 Å². The zero-order valence-electron chi connectivity index (χ0n) is 7.91. The number of carbonyl (C=O) groups excluding carboxylic acids is 1. The normalized spacial score (nSPS) is 29.8. The molecule has 2 rings (SSSR count). The van der Waals surface area contributed by atoms with E-state index in [9.17, 15) is 4.79 Å². The minimum Gasteiger partial charge on any atom is -0.351 e. The molecule has 1 atom stereocenters. The van der Waals surface area contributed by atoms with E-state index in [0.29, 0.717) is 6.04 Å². The SMILES string of the molecule is NC(=O)N1CCCN2CCCC2C1. The van der Waals surface area contributed by atoms with Crippen LogP contribution in [0.5, 0.6) is 0 Å². The van der Waals surface area contributed by atoms with Gasteiger partial charge in [-0.05, 0) is 25.8 Å². The number of hydrogen-bond acceptors (Lipinski definition) is 2. The highest BCUT2D eigenvalue weighted by Crippen LogP contribution is 2.20. The Labute approximate surface area is 78.7 Å². The Bertz CT molecular complexity index is 207. The second-order valence-electron chi connectivity index (χ2n) is 3.97. The highest BCUT2D eigenvalue weighted by atomic mass is 16.2. The average molecular weight is 183 g/mol. The summed E-state index contributed by atoms with van der Waals surface area (Å²) < 4.78 is 0. The molecule has 0 aromatic heterocycles. The van der Waals surface area contributed by atoms with Crippen molar-refractivity contribution < 1.29 is 4.79 Å². The van der Waals surface area contributed by atoms with Gasteiger partial charge in [0.05, 0.1) is 0 Å². The molecule has 2 aliphatic heterocycles. The quantitative estimate of drug-likeness (QED) is 0.584. The van der Waals surface area contributed by atoms with Gasteiger partial charge in [0.1, 0.15) is 0 Å². The summed E-state index contributed by atoms with van der Waals surface area (Å²) in [7, 11) is 0. The zero-order valence-corrected chi connectivity index (χ0v) is 7.91. The van der Waals surface area contributed by atoms with E-state index in [-0.39, 0.29) is 6.03 Å². The largest absolute Gasteiger partial charge is 0.351 e. The molecule has 1 unspecified atom stereocenters. The lowest BCUT2D eigenvalue weighted by Gasteiger charge is -2.24. The van der Waals surface area contributed by atoms with Crippen molar-refractivity contribution in [3.63, 3.8) is 0 Å². The van der Waals surface area contributed by atoms with E-state index in [1.54, 1.807) is 4.90 Å². The van der Waals surface area contributed by atoms with E-state index in [2.05, 4.69) is 4.90 Å². The average Bonchev–Trinajstić information content (AvgIpc) is 2.42. The van der Waals surface area contributed by atoms with E-state index >= 15 is 0 Å². The van der Waals surface area contributed by atoms with Gasteiger partial charge in [-0.3, -0.25) is 4.90 Å². The third kappa shape index (κ3) is 1.77. The van der Waals surface area contributed by atoms with Crippen molar-refractivity contribution in [2.45, 2.75) is 25.3 Å². The number of primary amides is 1. The molecule has 0 radical (unpaired) electrons. The van der Waals surface area contributed by atoms with Crippen molar-refractivity contribution in [2.75, 3.05) is 26.2 Å². The Kier molecular flexibility index (Phi) is 2.40. The lowest BCUT2D eigenvalue weighted by atomic mass is 10.2. The number of nitrogens with zero attached hydrogens (tertiary/aromatic N) is 2. The lowest BCUT2D eigenvalue weighted by Crippen LogP contribution is -2.42. The van der Waals surface area contributed by atoms with E-state index in [0.717, 1.165) is 26.1 Å². The van der Waals surface area contributed by atoms with Crippen LogP contribution >= 0.6 is 0 Å². The van der Waals surface area contributed by atoms with Crippen LogP contribution in [0.15, 0.2) is 0 Å². The Balaban J connectivity index is 2.00. The first-order valence-electron chi connectivity index (χ1n) is 5.06. The fourth-order valence-electron chi connectivity index (χ4n) is 2.41. The number of urea groups is 1. The minimum atomic E-state index is -0.256. The maximum Gasteiger partial charge on any atom is 0.314 e. The standard InChI is InChI=1S/C9H17N3O/c10-9(13)12-6-2-5-11-4-1-3-8(11)7-12/h8H,1-7H2,(H2,10,13). The number of hydrogen-bond donors (Lipinski definition) is 1. The first-order valence-corrected chi connectivity index (χ1v) is 5.06. The summed E-state index contributed by atoms with van der Waals surface area (Å²) >= 11 is 0. The van der Waals surface area contributed by atoms with Gasteiger partial charge < -0.3 is 10.6 Å². The molecule has 2 N–H and O–H groups in total. The third-order valence-electron chi connectivity index (χ3n) is 3.12. The van der Waals surface area contributed by atoms with Crippen molar-refractivity contribution in [3.05, 3.63) is 0 Å². The molecule has 2 saturated heterocycles. The van der Waals surface area contributed by atoms with E-state index in [1.807, 2.05) is 0 Å². The molecule has 2 fully saturated rings. The van der Waals surface area contributed by atoms with Gasteiger partial charge in [-0.1, -0.05) is 0 Å². The summed E-state index contributed by atoms with van der Waals surface area (Å²) in [6.07, 6.45) is 3.57. The summed E-state index contributed by atoms with van der Waals surface area (Å²) in [4.78, 5) is 15.3. The van der Waals surface area contributed by atoms with Crippen molar-refractivity contribution in [1.29, 1.82) is 0 Å². The van der Waals surface area contributed by atoms with Crippen LogP contribution in [-0.2, 0) is 0 Å². The molecule has 0 saturated carbocycles. The molecule has 0 aromatic rings. The second kappa shape index (κ2) is 3.54. The molecular formula is C9H17N3O. The van der Waals surface area contributed by atoms with Crippen molar-refractivity contribution in [1.82, 2.24) is 9.80 Å². The maximum atomic E-state index is 11.0. The predicted octanol–water partition coefficient (Wildman–Crippen LogP) is 0.235. The number of nitrogens with two attached hydrogens (primary N) is 1. The van der Waals surface area contributed by atoms with Gasteiger partial charge in [-0.15, -0.1) is 0 Å². The van der Waals surface area contributed by atoms with Gasteiger partial charge in [-0.2, -0.15) is 0 Å². The summed E-state index contributed by atoms with van der Waals surface area (Å²) in [5.41, 5.74) is 5.29. The number of amides is 2. The number of carbonyl (C=O) groups is 1. The third-order valence-corrected chi connectivity index (χ3v) is 3.12. The maximum absolute atomic E-state index is 11.0. The van der Waals surface area contributed by atoms with Crippen LogP contribution in [0.2, 0.25) is 0 Å². The Morgan fingerprint density at radius 2 is 2.00 bits per heavy atom. The first kappa shape index (κ1) is 8.81. The minimum absolute atomic E-state index is 0.256. The summed E-state index contributed by atoms with van der Waals surface area (Å²) in [6.45, 7) is 4.02. The molecule has 0 spiro atoms. The van der Waals surface area contributed by atoms with E-state index in [4.69, 9.17) is 5.73 Å². The molecule has 13 heavy (non-hydrogen) atoms. The first-order chi connectivity index (χ1) is 6.27. The van der Waals surface area contributed by atoms with Gasteiger partial charge in [-0.25, -0.2) is 4.79 Å². The molecule has 0 bridgehead atoms. The molecule has 74 valence electrons. The Morgan fingerprint density at radius 1 is 1.23 bits per heavy atom. The second-order valence-corrected chi connectivity index (χ2v) is 3.97. The van der Waals surface area contributed by atoms with Crippen LogP contribution in [-0.4, -0.2) is 48.1 Å². The van der Waals surface area contributed by atoms with Crippen LogP contribution < -0.4 is 5.73 Å². The van der Waals surface area contributed by atoms with Gasteiger partial charge in [0, 0.05) is 25.7 Å². The molecule has 2 amide bonds. The molecular weight excluding hydrogens is 166 g/mol. The fourth-order valence-corrected chi connectivity index (χ4v) is 2.41. The van der Waals surface area contributed by atoms with Crippen molar-refractivity contribution in [3.8, 4) is 0 Å². The highest BCUT2D eigenvalue weighted by Gasteiger charge is 2.29. The van der Waals surface area contributed by atoms with Crippen LogP contribution in [0, 0.1) is 0 Å². The lowest BCUT2D eigenvalue weighted by molar-refractivity contribution is 0.197. The predicted molar refractivity (Wildman–Crippen MR) is 50.4 cm³/mol. The molecule has 0 aliphatic carbocycles. The van der Waals surface area contributed by atoms with Gasteiger partial charge >= 0.3 is 6.03 Å². The summed E-state index contributed by atoms with van der Waals surface area (Å²) in [6, 6.07) is 0.323.